The molecule has 9 aromatic carbocycles. The van der Waals surface area contributed by atoms with Gasteiger partial charge in [-0.25, -0.2) is 0 Å². The number of aromatic nitrogens is 1. The van der Waals surface area contributed by atoms with Gasteiger partial charge in [0, 0.05) is 76.0 Å². The third-order valence-electron chi connectivity index (χ3n) is 17.7. The third-order valence-corrected chi connectivity index (χ3v) is 18.9. The molecular formula is C74H72BN3OS. The predicted molar refractivity (Wildman–Crippen MR) is 348 cm³/mol. The molecule has 3 aromatic heterocycles. The van der Waals surface area contributed by atoms with Crippen molar-refractivity contribution in [3.05, 3.63) is 192 Å². The Morgan fingerprint density at radius 3 is 1.59 bits per heavy atom. The zero-order valence-corrected chi connectivity index (χ0v) is 50.1. The highest BCUT2D eigenvalue weighted by molar-refractivity contribution is 7.25. The van der Waals surface area contributed by atoms with Crippen molar-refractivity contribution in [2.45, 2.75) is 131 Å². The van der Waals surface area contributed by atoms with Gasteiger partial charge in [-0.3, -0.25) is 0 Å². The summed E-state index contributed by atoms with van der Waals surface area (Å²) in [6, 6.07) is 63.5. The minimum Gasteiger partial charge on any atom is -0.455 e. The zero-order valence-electron chi connectivity index (χ0n) is 49.3. The van der Waals surface area contributed by atoms with E-state index in [1.54, 1.807) is 0 Å². The standard InChI is InChI=1S/C74H72BN3OS/c1-70(2,3)43-20-28-48(29-21-43)76(49-30-22-44(23-31-49)71(4,5)6)51-34-37-62-53(40-51)54-41-56-60(42-63(54)80-62)78(50-32-24-45(25-33-50)72(7,8)9)75-57-39-47(74(13,14)15)27-36-59(57)77-58-35-26-46(73(10,11)12)38-55(58)66-68(77)67(75)64(56)65-52-18-16-17-19-61(52)79-69(65)66/h16-42H,1-15H3. The lowest BCUT2D eigenvalue weighted by Crippen LogP contribution is -2.60. The number of benzene rings is 9. The van der Waals surface area contributed by atoms with E-state index in [1.807, 2.05) is 11.3 Å². The first kappa shape index (κ1) is 50.7. The van der Waals surface area contributed by atoms with E-state index in [1.165, 1.54) is 114 Å². The summed E-state index contributed by atoms with van der Waals surface area (Å²) in [5, 5.41) is 7.27. The average molecular weight is 1060 g/mol. The molecule has 5 heterocycles. The van der Waals surface area contributed by atoms with E-state index in [4.69, 9.17) is 4.42 Å². The molecule has 0 spiro atoms. The number of hydrogen-bond acceptors (Lipinski definition) is 4. The molecule has 80 heavy (non-hydrogen) atoms. The van der Waals surface area contributed by atoms with Crippen molar-refractivity contribution in [1.82, 2.24) is 4.57 Å². The van der Waals surface area contributed by atoms with Gasteiger partial charge < -0.3 is 18.7 Å². The fraction of sp³-hybridized carbons (Fsp3) is 0.270. The van der Waals surface area contributed by atoms with Gasteiger partial charge in [-0.15, -0.1) is 11.3 Å². The molecule has 2 aliphatic rings. The maximum absolute atomic E-state index is 7.35. The summed E-state index contributed by atoms with van der Waals surface area (Å²) in [4.78, 5) is 5.16. The number of furan rings is 1. The molecule has 0 fully saturated rings. The first-order valence-electron chi connectivity index (χ1n) is 28.9. The molecule has 0 amide bonds. The molecule has 0 N–H and O–H groups in total. The van der Waals surface area contributed by atoms with Crippen LogP contribution < -0.4 is 20.6 Å². The normalized spacial score (nSPS) is 13.9. The van der Waals surface area contributed by atoms with Gasteiger partial charge in [0.1, 0.15) is 11.2 Å². The highest BCUT2D eigenvalue weighted by atomic mass is 32.1. The van der Waals surface area contributed by atoms with Crippen LogP contribution in [-0.2, 0) is 27.1 Å². The Balaban J connectivity index is 1.11. The van der Waals surface area contributed by atoms with Crippen LogP contribution in [-0.4, -0.2) is 11.4 Å². The number of thiophene rings is 1. The number of hydrogen-bond donors (Lipinski definition) is 0. The maximum Gasteiger partial charge on any atom is 0.333 e. The van der Waals surface area contributed by atoms with E-state index in [9.17, 15) is 0 Å². The molecule has 4 nitrogen and oxygen atoms in total. The van der Waals surface area contributed by atoms with Crippen molar-refractivity contribution in [2.24, 2.45) is 0 Å². The molecule has 398 valence electrons. The molecule has 0 saturated carbocycles. The predicted octanol–water partition coefficient (Wildman–Crippen LogP) is 20.2. The van der Waals surface area contributed by atoms with Crippen LogP contribution in [0.25, 0.3) is 80.7 Å². The second kappa shape index (κ2) is 17.0. The Kier molecular flexibility index (Phi) is 10.8. The maximum atomic E-state index is 7.35. The first-order valence-corrected chi connectivity index (χ1v) is 29.7. The Hall–Kier alpha value is -7.54. The monoisotopic (exact) mass is 1060 g/mol. The van der Waals surface area contributed by atoms with Crippen LogP contribution in [0.3, 0.4) is 0 Å². The van der Waals surface area contributed by atoms with Crippen molar-refractivity contribution in [3.63, 3.8) is 0 Å². The minimum atomic E-state index is -0.156. The molecule has 0 radical (unpaired) electrons. The lowest BCUT2D eigenvalue weighted by atomic mass is 9.43. The van der Waals surface area contributed by atoms with Crippen molar-refractivity contribution in [2.75, 3.05) is 9.71 Å². The summed E-state index contributed by atoms with van der Waals surface area (Å²) >= 11 is 1.90. The molecule has 6 heteroatoms. The Morgan fingerprint density at radius 1 is 0.438 bits per heavy atom. The largest absolute Gasteiger partial charge is 0.455 e. The molecule has 2 aliphatic heterocycles. The Bertz CT molecular complexity index is 4480. The van der Waals surface area contributed by atoms with Crippen molar-refractivity contribution < 1.29 is 4.42 Å². The molecule has 0 atom stereocenters. The summed E-state index contributed by atoms with van der Waals surface area (Å²) in [6.45, 7) is 34.6. The van der Waals surface area contributed by atoms with Crippen LogP contribution >= 0.6 is 11.3 Å². The molecular weight excluding hydrogens is 990 g/mol. The van der Waals surface area contributed by atoms with Gasteiger partial charge in [0.05, 0.1) is 16.4 Å². The first-order chi connectivity index (χ1) is 37.8. The van der Waals surface area contributed by atoms with Crippen molar-refractivity contribution in [1.29, 1.82) is 0 Å². The number of anilines is 5. The van der Waals surface area contributed by atoms with Gasteiger partial charge in [0.15, 0.2) is 0 Å². The van der Waals surface area contributed by atoms with Crippen molar-refractivity contribution >= 4 is 121 Å². The fourth-order valence-electron chi connectivity index (χ4n) is 13.2. The van der Waals surface area contributed by atoms with Crippen LogP contribution in [0.15, 0.2) is 168 Å². The summed E-state index contributed by atoms with van der Waals surface area (Å²) < 4.78 is 12.5. The van der Waals surface area contributed by atoms with Crippen LogP contribution in [0.1, 0.15) is 132 Å². The van der Waals surface area contributed by atoms with Gasteiger partial charge >= 0.3 is 6.85 Å². The number of rotatable bonds is 4. The molecule has 0 saturated heterocycles. The van der Waals surface area contributed by atoms with Gasteiger partial charge in [-0.05, 0) is 162 Å². The van der Waals surface area contributed by atoms with E-state index >= 15 is 0 Å². The molecule has 0 bridgehead atoms. The summed E-state index contributed by atoms with van der Waals surface area (Å²) in [7, 11) is 0. The lowest BCUT2D eigenvalue weighted by molar-refractivity contribution is 0.590. The second-order valence-corrected chi connectivity index (χ2v) is 29.4. The topological polar surface area (TPSA) is 24.6 Å². The van der Waals surface area contributed by atoms with E-state index in [-0.39, 0.29) is 33.9 Å². The highest BCUT2D eigenvalue weighted by Crippen LogP contribution is 2.54. The van der Waals surface area contributed by atoms with E-state index in [0.717, 1.165) is 33.6 Å². The van der Waals surface area contributed by atoms with Crippen LogP contribution in [0.5, 0.6) is 0 Å². The Morgan fingerprint density at radius 2 is 0.975 bits per heavy atom. The number of para-hydroxylation sites is 1. The van der Waals surface area contributed by atoms with E-state index < -0.39 is 0 Å². The highest BCUT2D eigenvalue weighted by Gasteiger charge is 2.47. The molecule has 0 unspecified atom stereocenters. The quantitative estimate of drug-likeness (QED) is 0.164. The van der Waals surface area contributed by atoms with E-state index in [2.05, 4.69) is 282 Å². The molecule has 0 aliphatic carbocycles. The average Bonchev–Trinajstić information content (AvgIpc) is 3.58. The summed E-state index contributed by atoms with van der Waals surface area (Å²) in [5.41, 5.74) is 23.0. The Labute approximate surface area is 476 Å². The second-order valence-electron chi connectivity index (χ2n) is 28.3. The summed E-state index contributed by atoms with van der Waals surface area (Å²) in [6.07, 6.45) is 0. The minimum absolute atomic E-state index is 0.000363. The van der Waals surface area contributed by atoms with Gasteiger partial charge in [-0.2, -0.15) is 0 Å². The van der Waals surface area contributed by atoms with Crippen molar-refractivity contribution in [3.8, 4) is 16.8 Å². The third kappa shape index (κ3) is 7.68. The molecule has 14 rings (SSSR count). The fourth-order valence-corrected chi connectivity index (χ4v) is 14.3. The van der Waals surface area contributed by atoms with Gasteiger partial charge in [0.25, 0.3) is 0 Å². The number of nitrogens with zero attached hydrogens (tertiary/aromatic N) is 3. The van der Waals surface area contributed by atoms with Crippen LogP contribution in [0.4, 0.5) is 28.4 Å². The smallest absolute Gasteiger partial charge is 0.333 e. The summed E-state index contributed by atoms with van der Waals surface area (Å²) in [5.74, 6) is 0. The van der Waals surface area contributed by atoms with Gasteiger partial charge in [0.2, 0.25) is 0 Å². The lowest BCUT2D eigenvalue weighted by Gasteiger charge is -2.42. The SMILES string of the molecule is CC(C)(C)c1ccc(N2B3c4cc(C(C)(C)C)ccc4-n4c5ccc(C(C)(C)C)cc5c5c6oc7ccccc7c6c(c3c54)-c3cc4c(cc32)sc2ccc(N(c3ccc(C(C)(C)C)cc3)c3ccc(C(C)(C)C)cc3)cc24)cc1. The number of fused-ring (bicyclic) bond motifs is 16. The van der Waals surface area contributed by atoms with Gasteiger partial charge in [-0.1, -0.05) is 177 Å². The van der Waals surface area contributed by atoms with Crippen LogP contribution in [0, 0.1) is 0 Å². The molecule has 12 aromatic rings. The zero-order chi connectivity index (χ0) is 55.9. The van der Waals surface area contributed by atoms with E-state index in [0.29, 0.717) is 0 Å². The van der Waals surface area contributed by atoms with Crippen LogP contribution in [0.2, 0.25) is 0 Å².